The fraction of sp³-hybridized carbons (Fsp3) is 1.00. The van der Waals surface area contributed by atoms with Crippen LogP contribution in [0, 0.1) is 5.92 Å². The minimum absolute atomic E-state index is 1.00. The van der Waals surface area contributed by atoms with E-state index in [1.54, 1.807) is 0 Å². The molecule has 0 heterocycles. The van der Waals surface area contributed by atoms with Gasteiger partial charge in [0, 0.05) is 5.25 Å². The summed E-state index contributed by atoms with van der Waals surface area (Å²) in [6, 6.07) is 0. The third-order valence-corrected chi connectivity index (χ3v) is 3.28. The van der Waals surface area contributed by atoms with Crippen molar-refractivity contribution in [3.05, 3.63) is 0 Å². The normalized spacial score (nSPS) is 35.3. The number of hydrogen-bond acceptors (Lipinski definition) is 1. The van der Waals surface area contributed by atoms with Crippen molar-refractivity contribution in [3.63, 3.8) is 0 Å². The second-order valence-corrected chi connectivity index (χ2v) is 4.57. The first-order valence-corrected chi connectivity index (χ1v) is 4.99. The third kappa shape index (κ3) is 2.21. The standard InChI is InChI=1S/C8H16S/c1-3-9-8-5-4-7(2)6-8/h7-8H,3-6H2,1-2H3. The molecule has 1 heteroatoms. The summed E-state index contributed by atoms with van der Waals surface area (Å²) in [5.74, 6) is 2.31. The lowest BCUT2D eigenvalue weighted by Gasteiger charge is -2.05. The van der Waals surface area contributed by atoms with Gasteiger partial charge in [-0.05, 0) is 30.9 Å². The molecule has 0 bridgehead atoms. The van der Waals surface area contributed by atoms with Crippen molar-refractivity contribution < 1.29 is 0 Å². The van der Waals surface area contributed by atoms with E-state index in [-0.39, 0.29) is 0 Å². The Labute approximate surface area is 62.4 Å². The summed E-state index contributed by atoms with van der Waals surface area (Å²) < 4.78 is 0. The summed E-state index contributed by atoms with van der Waals surface area (Å²) in [5.41, 5.74) is 0. The molecule has 0 radical (unpaired) electrons. The number of hydrogen-bond donors (Lipinski definition) is 0. The van der Waals surface area contributed by atoms with Gasteiger partial charge in [-0.3, -0.25) is 0 Å². The highest BCUT2D eigenvalue weighted by Gasteiger charge is 2.20. The van der Waals surface area contributed by atoms with Crippen LogP contribution in [0.3, 0.4) is 0 Å². The van der Waals surface area contributed by atoms with Crippen molar-refractivity contribution in [3.8, 4) is 0 Å². The van der Waals surface area contributed by atoms with E-state index in [1.165, 1.54) is 25.0 Å². The van der Waals surface area contributed by atoms with Gasteiger partial charge in [0.05, 0.1) is 0 Å². The van der Waals surface area contributed by atoms with Gasteiger partial charge in [-0.25, -0.2) is 0 Å². The van der Waals surface area contributed by atoms with Gasteiger partial charge in [0.25, 0.3) is 0 Å². The van der Waals surface area contributed by atoms with E-state index in [4.69, 9.17) is 0 Å². The van der Waals surface area contributed by atoms with Gasteiger partial charge in [0.2, 0.25) is 0 Å². The maximum atomic E-state index is 2.37. The van der Waals surface area contributed by atoms with Crippen LogP contribution in [-0.4, -0.2) is 11.0 Å². The first kappa shape index (κ1) is 7.46. The van der Waals surface area contributed by atoms with Gasteiger partial charge in [0.15, 0.2) is 0 Å². The third-order valence-electron chi connectivity index (χ3n) is 2.05. The van der Waals surface area contributed by atoms with Gasteiger partial charge in [-0.2, -0.15) is 11.8 Å². The smallest absolute Gasteiger partial charge is 0.00495 e. The Hall–Kier alpha value is 0.350. The largest absolute Gasteiger partial charge is 0.159 e. The SMILES string of the molecule is CCSC1CCC(C)C1. The first-order valence-electron chi connectivity index (χ1n) is 3.94. The summed E-state index contributed by atoms with van der Waals surface area (Å²) in [7, 11) is 0. The van der Waals surface area contributed by atoms with E-state index in [1.807, 2.05) is 0 Å². The maximum absolute atomic E-state index is 2.37. The molecule has 0 aliphatic heterocycles. The molecular weight excluding hydrogens is 128 g/mol. The van der Waals surface area contributed by atoms with Crippen molar-refractivity contribution in [2.75, 3.05) is 5.75 Å². The van der Waals surface area contributed by atoms with Crippen LogP contribution in [0.15, 0.2) is 0 Å². The van der Waals surface area contributed by atoms with Crippen LogP contribution < -0.4 is 0 Å². The molecule has 2 atom stereocenters. The number of rotatable bonds is 2. The minimum atomic E-state index is 1.00. The van der Waals surface area contributed by atoms with E-state index in [9.17, 15) is 0 Å². The van der Waals surface area contributed by atoms with Crippen molar-refractivity contribution in [1.82, 2.24) is 0 Å². The summed E-state index contributed by atoms with van der Waals surface area (Å²) in [6.07, 6.45) is 4.41. The molecule has 1 saturated carbocycles. The van der Waals surface area contributed by atoms with Crippen molar-refractivity contribution in [2.24, 2.45) is 5.92 Å². The first-order chi connectivity index (χ1) is 4.33. The summed E-state index contributed by atoms with van der Waals surface area (Å²) >= 11 is 2.14. The highest BCUT2D eigenvalue weighted by molar-refractivity contribution is 7.99. The van der Waals surface area contributed by atoms with Crippen LogP contribution in [-0.2, 0) is 0 Å². The zero-order valence-electron chi connectivity index (χ0n) is 6.39. The Morgan fingerprint density at radius 2 is 2.22 bits per heavy atom. The average molecular weight is 144 g/mol. The molecule has 0 spiro atoms. The van der Waals surface area contributed by atoms with E-state index in [0.717, 1.165) is 11.2 Å². The average Bonchev–Trinajstić information content (AvgIpc) is 2.17. The molecule has 0 amide bonds. The molecule has 0 saturated heterocycles. The fourth-order valence-electron chi connectivity index (χ4n) is 1.54. The highest BCUT2D eigenvalue weighted by atomic mass is 32.2. The molecule has 9 heavy (non-hydrogen) atoms. The van der Waals surface area contributed by atoms with E-state index >= 15 is 0 Å². The Morgan fingerprint density at radius 3 is 2.67 bits per heavy atom. The molecule has 1 rings (SSSR count). The van der Waals surface area contributed by atoms with Gasteiger partial charge in [-0.15, -0.1) is 0 Å². The van der Waals surface area contributed by atoms with Crippen molar-refractivity contribution >= 4 is 11.8 Å². The topological polar surface area (TPSA) is 0 Å². The molecule has 1 fully saturated rings. The van der Waals surface area contributed by atoms with Gasteiger partial charge in [0.1, 0.15) is 0 Å². The second-order valence-electron chi connectivity index (χ2n) is 3.00. The lowest BCUT2D eigenvalue weighted by Crippen LogP contribution is -1.95. The molecule has 2 unspecified atom stereocenters. The molecule has 0 aromatic heterocycles. The predicted octanol–water partition coefficient (Wildman–Crippen LogP) is 2.93. The van der Waals surface area contributed by atoms with Gasteiger partial charge < -0.3 is 0 Å². The molecule has 54 valence electrons. The summed E-state index contributed by atoms with van der Waals surface area (Å²) in [4.78, 5) is 0. The lowest BCUT2D eigenvalue weighted by molar-refractivity contribution is 0.613. The highest BCUT2D eigenvalue weighted by Crippen LogP contribution is 2.33. The second kappa shape index (κ2) is 3.50. The molecule has 0 N–H and O–H groups in total. The molecule has 1 aliphatic rings. The predicted molar refractivity (Wildman–Crippen MR) is 44.9 cm³/mol. The molecule has 0 aromatic rings. The fourth-order valence-corrected chi connectivity index (χ4v) is 2.78. The lowest BCUT2D eigenvalue weighted by atomic mass is 10.1. The Bertz CT molecular complexity index is 78.6. The minimum Gasteiger partial charge on any atom is -0.159 e. The summed E-state index contributed by atoms with van der Waals surface area (Å²) in [6.45, 7) is 4.63. The quantitative estimate of drug-likeness (QED) is 0.574. The number of thioether (sulfide) groups is 1. The molecule has 1 aliphatic carbocycles. The molecule has 0 nitrogen and oxygen atoms in total. The zero-order chi connectivity index (χ0) is 6.69. The van der Waals surface area contributed by atoms with Crippen LogP contribution in [0.1, 0.15) is 33.1 Å². The van der Waals surface area contributed by atoms with E-state index in [2.05, 4.69) is 25.6 Å². The zero-order valence-corrected chi connectivity index (χ0v) is 7.21. The molecule has 0 aromatic carbocycles. The monoisotopic (exact) mass is 144 g/mol. The van der Waals surface area contributed by atoms with Crippen LogP contribution in [0.25, 0.3) is 0 Å². The van der Waals surface area contributed by atoms with Crippen molar-refractivity contribution in [1.29, 1.82) is 0 Å². The summed E-state index contributed by atoms with van der Waals surface area (Å²) in [5, 5.41) is 1.00. The maximum Gasteiger partial charge on any atom is 0.00495 e. The Kier molecular flexibility index (Phi) is 2.90. The molecular formula is C8H16S. The Morgan fingerprint density at radius 1 is 1.44 bits per heavy atom. The van der Waals surface area contributed by atoms with Gasteiger partial charge >= 0.3 is 0 Å². The van der Waals surface area contributed by atoms with E-state index < -0.39 is 0 Å². The van der Waals surface area contributed by atoms with Crippen molar-refractivity contribution in [2.45, 2.75) is 38.4 Å². The Balaban J connectivity index is 2.14. The van der Waals surface area contributed by atoms with E-state index in [0.29, 0.717) is 0 Å². The van der Waals surface area contributed by atoms with Crippen LogP contribution in [0.5, 0.6) is 0 Å². The van der Waals surface area contributed by atoms with Crippen LogP contribution >= 0.6 is 11.8 Å². The van der Waals surface area contributed by atoms with Crippen LogP contribution in [0.4, 0.5) is 0 Å². The van der Waals surface area contributed by atoms with Gasteiger partial charge in [-0.1, -0.05) is 13.8 Å². The van der Waals surface area contributed by atoms with Crippen LogP contribution in [0.2, 0.25) is 0 Å².